The number of anilines is 1. The zero-order chi connectivity index (χ0) is 14.5. The summed E-state index contributed by atoms with van der Waals surface area (Å²) in [5.41, 5.74) is 2.27. The number of carbonyl (C=O) groups is 1. The van der Waals surface area contributed by atoms with Crippen molar-refractivity contribution in [2.45, 2.75) is 45.1 Å². The van der Waals surface area contributed by atoms with Crippen molar-refractivity contribution in [2.75, 3.05) is 5.32 Å². The molecular formula is C16H20N2O2. The van der Waals surface area contributed by atoms with Crippen LogP contribution in [0.1, 0.15) is 43.2 Å². The molecule has 1 aromatic carbocycles. The third-order valence-corrected chi connectivity index (χ3v) is 4.06. The summed E-state index contributed by atoms with van der Waals surface area (Å²) in [7, 11) is 0. The molecule has 2 N–H and O–H groups in total. The van der Waals surface area contributed by atoms with Crippen LogP contribution in [0.4, 0.5) is 5.69 Å². The van der Waals surface area contributed by atoms with Crippen molar-refractivity contribution in [3.8, 4) is 6.07 Å². The van der Waals surface area contributed by atoms with Gasteiger partial charge in [0.25, 0.3) is 0 Å². The van der Waals surface area contributed by atoms with Crippen LogP contribution in [-0.4, -0.2) is 17.1 Å². The average Bonchev–Trinajstić information content (AvgIpc) is 2.45. The average molecular weight is 272 g/mol. The number of hydrogen-bond acceptors (Lipinski definition) is 3. The lowest BCUT2D eigenvalue weighted by Gasteiger charge is -2.28. The lowest BCUT2D eigenvalue weighted by atomic mass is 9.83. The van der Waals surface area contributed by atoms with Crippen molar-refractivity contribution >= 4 is 11.7 Å². The largest absolute Gasteiger partial charge is 0.480 e. The Morgan fingerprint density at radius 1 is 1.40 bits per heavy atom. The van der Waals surface area contributed by atoms with Gasteiger partial charge in [0.2, 0.25) is 0 Å². The summed E-state index contributed by atoms with van der Waals surface area (Å²) in [6.07, 6.45) is 5.38. The number of rotatable bonds is 4. The highest BCUT2D eigenvalue weighted by Gasteiger charge is 2.29. The van der Waals surface area contributed by atoms with E-state index >= 15 is 0 Å². The highest BCUT2D eigenvalue weighted by atomic mass is 16.4. The fourth-order valence-electron chi connectivity index (χ4n) is 2.91. The van der Waals surface area contributed by atoms with Crippen LogP contribution in [-0.2, 0) is 4.79 Å². The molecule has 0 aromatic heterocycles. The van der Waals surface area contributed by atoms with Crippen LogP contribution < -0.4 is 5.32 Å². The highest BCUT2D eigenvalue weighted by molar-refractivity contribution is 5.78. The van der Waals surface area contributed by atoms with Crippen LogP contribution in [0.15, 0.2) is 18.2 Å². The molecular weight excluding hydrogens is 252 g/mol. The second-order valence-electron chi connectivity index (χ2n) is 5.50. The molecule has 0 saturated heterocycles. The number of aliphatic carboxylic acids is 1. The molecule has 1 saturated carbocycles. The normalized spacial score (nSPS) is 17.2. The van der Waals surface area contributed by atoms with Crippen LogP contribution in [0.5, 0.6) is 0 Å². The lowest BCUT2D eigenvalue weighted by molar-refractivity contribution is -0.139. The Morgan fingerprint density at radius 3 is 2.65 bits per heavy atom. The van der Waals surface area contributed by atoms with Crippen LogP contribution in [0.25, 0.3) is 0 Å². The fraction of sp³-hybridized carbons (Fsp3) is 0.500. The summed E-state index contributed by atoms with van der Waals surface area (Å²) in [6.45, 7) is 1.86. The van der Waals surface area contributed by atoms with Gasteiger partial charge in [-0.1, -0.05) is 19.3 Å². The van der Waals surface area contributed by atoms with Gasteiger partial charge in [0.1, 0.15) is 6.04 Å². The van der Waals surface area contributed by atoms with Crippen LogP contribution in [0.3, 0.4) is 0 Å². The van der Waals surface area contributed by atoms with E-state index in [0.717, 1.165) is 36.9 Å². The standard InChI is InChI=1S/C16H20N2O2/c1-11-9-14(8-7-13(11)10-17)18-15(16(19)20)12-5-3-2-4-6-12/h7-9,12,15,18H,2-6H2,1H3,(H,19,20). The second kappa shape index (κ2) is 6.42. The van der Waals surface area contributed by atoms with Gasteiger partial charge in [-0.3, -0.25) is 0 Å². The minimum absolute atomic E-state index is 0.192. The van der Waals surface area contributed by atoms with Gasteiger partial charge in [0.05, 0.1) is 11.6 Å². The van der Waals surface area contributed by atoms with Crippen molar-refractivity contribution in [3.63, 3.8) is 0 Å². The number of nitriles is 1. The molecule has 0 amide bonds. The van der Waals surface area contributed by atoms with Gasteiger partial charge < -0.3 is 10.4 Å². The van der Waals surface area contributed by atoms with E-state index in [2.05, 4.69) is 11.4 Å². The van der Waals surface area contributed by atoms with Crippen molar-refractivity contribution in [1.82, 2.24) is 0 Å². The quantitative estimate of drug-likeness (QED) is 0.882. The van der Waals surface area contributed by atoms with Gasteiger partial charge in [0.15, 0.2) is 0 Å². The van der Waals surface area contributed by atoms with E-state index < -0.39 is 12.0 Å². The fourth-order valence-corrected chi connectivity index (χ4v) is 2.91. The van der Waals surface area contributed by atoms with Crippen LogP contribution in [0.2, 0.25) is 0 Å². The maximum Gasteiger partial charge on any atom is 0.326 e. The Morgan fingerprint density at radius 2 is 2.10 bits per heavy atom. The number of carboxylic acids is 1. The zero-order valence-electron chi connectivity index (χ0n) is 11.7. The minimum atomic E-state index is -0.793. The predicted molar refractivity (Wildman–Crippen MR) is 77.5 cm³/mol. The number of nitrogens with one attached hydrogen (secondary N) is 1. The summed E-state index contributed by atoms with van der Waals surface area (Å²) in [4.78, 5) is 11.5. The summed E-state index contributed by atoms with van der Waals surface area (Å²) in [5.74, 6) is -0.601. The van der Waals surface area contributed by atoms with Crippen LogP contribution >= 0.6 is 0 Å². The van der Waals surface area contributed by atoms with E-state index in [1.807, 2.05) is 13.0 Å². The number of hydrogen-bond donors (Lipinski definition) is 2. The molecule has 4 heteroatoms. The Kier molecular flexibility index (Phi) is 4.62. The van der Waals surface area contributed by atoms with Gasteiger partial charge >= 0.3 is 5.97 Å². The molecule has 20 heavy (non-hydrogen) atoms. The molecule has 1 aliphatic carbocycles. The molecule has 0 spiro atoms. The molecule has 0 heterocycles. The molecule has 106 valence electrons. The van der Waals surface area contributed by atoms with E-state index in [1.54, 1.807) is 12.1 Å². The van der Waals surface area contributed by atoms with Crippen molar-refractivity contribution in [1.29, 1.82) is 5.26 Å². The Balaban J connectivity index is 2.14. The first kappa shape index (κ1) is 14.4. The maximum atomic E-state index is 11.5. The molecule has 0 bridgehead atoms. The highest BCUT2D eigenvalue weighted by Crippen LogP contribution is 2.28. The summed E-state index contributed by atoms with van der Waals surface area (Å²) < 4.78 is 0. The number of aryl methyl sites for hydroxylation is 1. The minimum Gasteiger partial charge on any atom is -0.480 e. The molecule has 1 fully saturated rings. The van der Waals surface area contributed by atoms with Crippen molar-refractivity contribution < 1.29 is 9.90 Å². The molecule has 1 aliphatic rings. The van der Waals surface area contributed by atoms with Gasteiger partial charge in [-0.15, -0.1) is 0 Å². The van der Waals surface area contributed by atoms with E-state index in [9.17, 15) is 9.90 Å². The SMILES string of the molecule is Cc1cc(NC(C(=O)O)C2CCCCC2)ccc1C#N. The predicted octanol–water partition coefficient (Wildman–Crippen LogP) is 3.31. The summed E-state index contributed by atoms with van der Waals surface area (Å²) in [5, 5.41) is 21.5. The van der Waals surface area contributed by atoms with Crippen molar-refractivity contribution in [3.05, 3.63) is 29.3 Å². The van der Waals surface area contributed by atoms with Gasteiger partial charge in [-0.2, -0.15) is 5.26 Å². The molecule has 4 nitrogen and oxygen atoms in total. The van der Waals surface area contributed by atoms with Gasteiger partial charge in [0, 0.05) is 5.69 Å². The molecule has 1 unspecified atom stereocenters. The molecule has 2 rings (SSSR count). The zero-order valence-corrected chi connectivity index (χ0v) is 11.7. The number of benzene rings is 1. The number of carboxylic acid groups (broad SMARTS) is 1. The van der Waals surface area contributed by atoms with E-state index in [0.29, 0.717) is 5.56 Å². The maximum absolute atomic E-state index is 11.5. The number of nitrogens with zero attached hydrogens (tertiary/aromatic N) is 1. The first-order valence-corrected chi connectivity index (χ1v) is 7.12. The first-order chi connectivity index (χ1) is 9.61. The van der Waals surface area contributed by atoms with Crippen LogP contribution in [0, 0.1) is 24.2 Å². The van der Waals surface area contributed by atoms with Gasteiger partial charge in [-0.25, -0.2) is 4.79 Å². The Labute approximate surface area is 119 Å². The monoisotopic (exact) mass is 272 g/mol. The summed E-state index contributed by atoms with van der Waals surface area (Å²) >= 11 is 0. The Hall–Kier alpha value is -2.02. The van der Waals surface area contributed by atoms with Crippen molar-refractivity contribution in [2.24, 2.45) is 5.92 Å². The molecule has 0 aliphatic heterocycles. The smallest absolute Gasteiger partial charge is 0.326 e. The Bertz CT molecular complexity index is 528. The van der Waals surface area contributed by atoms with E-state index in [1.165, 1.54) is 6.42 Å². The van der Waals surface area contributed by atoms with Gasteiger partial charge in [-0.05, 0) is 49.4 Å². The third kappa shape index (κ3) is 3.30. The topological polar surface area (TPSA) is 73.1 Å². The molecule has 1 aromatic rings. The summed E-state index contributed by atoms with van der Waals surface area (Å²) in [6, 6.07) is 6.94. The molecule has 0 radical (unpaired) electrons. The molecule has 1 atom stereocenters. The third-order valence-electron chi connectivity index (χ3n) is 4.06. The lowest BCUT2D eigenvalue weighted by Crippen LogP contribution is -2.38. The second-order valence-corrected chi connectivity index (χ2v) is 5.50. The first-order valence-electron chi connectivity index (χ1n) is 7.12. The van der Waals surface area contributed by atoms with E-state index in [-0.39, 0.29) is 5.92 Å². The van der Waals surface area contributed by atoms with E-state index in [4.69, 9.17) is 5.26 Å².